The smallest absolute Gasteiger partial charge is 0.347 e. The first-order valence-corrected chi connectivity index (χ1v) is 7.92. The van der Waals surface area contributed by atoms with Crippen LogP contribution in [0.4, 0.5) is 0 Å². The van der Waals surface area contributed by atoms with Gasteiger partial charge in [0.25, 0.3) is 0 Å². The zero-order valence-corrected chi connectivity index (χ0v) is 13.8. The van der Waals surface area contributed by atoms with Crippen molar-refractivity contribution in [2.45, 2.75) is 6.92 Å². The molecule has 2 heterocycles. The Hall–Kier alpha value is -2.34. The van der Waals surface area contributed by atoms with Gasteiger partial charge in [0, 0.05) is 22.2 Å². The van der Waals surface area contributed by atoms with Gasteiger partial charge in [-0.25, -0.2) is 9.78 Å². The van der Waals surface area contributed by atoms with Gasteiger partial charge in [-0.05, 0) is 30.7 Å². The summed E-state index contributed by atoms with van der Waals surface area (Å²) in [6, 6.07) is 9.05. The molecular weight excluding hydrogens is 362 g/mol. The number of benzene rings is 2. The molecule has 0 amide bonds. The molecule has 5 nitrogen and oxygen atoms in total. The van der Waals surface area contributed by atoms with Crippen molar-refractivity contribution in [3.8, 4) is 23.0 Å². The highest BCUT2D eigenvalue weighted by Crippen LogP contribution is 2.34. The molecule has 0 fully saturated rings. The van der Waals surface area contributed by atoms with Crippen LogP contribution in [0, 0.1) is 6.92 Å². The summed E-state index contributed by atoms with van der Waals surface area (Å²) in [7, 11) is 0. The first kappa shape index (κ1) is 14.3. The molecule has 23 heavy (non-hydrogen) atoms. The molecule has 3 aromatic rings. The molecule has 0 unspecified atom stereocenters. The minimum Gasteiger partial charge on any atom is -0.486 e. The number of hydrogen-bond donors (Lipinski definition) is 0. The van der Waals surface area contributed by atoms with Crippen molar-refractivity contribution in [1.82, 2.24) is 4.98 Å². The molecule has 1 aromatic heterocycles. The summed E-state index contributed by atoms with van der Waals surface area (Å²) < 4.78 is 17.4. The fraction of sp³-hybridized carbons (Fsp3) is 0.176. The van der Waals surface area contributed by atoms with Crippen LogP contribution in [0.15, 0.2) is 44.0 Å². The van der Waals surface area contributed by atoms with E-state index >= 15 is 0 Å². The van der Waals surface area contributed by atoms with E-state index in [1.54, 1.807) is 12.1 Å². The summed E-state index contributed by atoms with van der Waals surface area (Å²) in [4.78, 5) is 16.8. The minimum absolute atomic E-state index is 0.296. The second-order valence-electron chi connectivity index (χ2n) is 5.28. The van der Waals surface area contributed by atoms with E-state index in [-0.39, 0.29) is 0 Å². The maximum atomic E-state index is 12.3. The maximum Gasteiger partial charge on any atom is 0.347 e. The van der Waals surface area contributed by atoms with E-state index in [1.807, 2.05) is 25.1 Å². The molecule has 1 aliphatic rings. The number of aromatic nitrogens is 1. The van der Waals surface area contributed by atoms with E-state index in [4.69, 9.17) is 13.9 Å². The SMILES string of the molecule is Cc1cc(Br)ccc1-c1nc2cc3c(cc2c(=O)o1)OCCO3. The third kappa shape index (κ3) is 2.49. The molecule has 0 radical (unpaired) electrons. The third-order valence-electron chi connectivity index (χ3n) is 3.71. The van der Waals surface area contributed by atoms with E-state index in [0.717, 1.165) is 15.6 Å². The lowest BCUT2D eigenvalue weighted by atomic mass is 10.1. The Kier molecular flexibility index (Phi) is 3.34. The molecule has 0 spiro atoms. The van der Waals surface area contributed by atoms with Gasteiger partial charge in [0.05, 0.1) is 10.9 Å². The zero-order chi connectivity index (χ0) is 16.0. The van der Waals surface area contributed by atoms with Gasteiger partial charge < -0.3 is 13.9 Å². The molecule has 1 aliphatic heterocycles. The fourth-order valence-corrected chi connectivity index (χ4v) is 3.07. The summed E-state index contributed by atoms with van der Waals surface area (Å²) in [5, 5.41) is 0.382. The Morgan fingerprint density at radius 1 is 1.09 bits per heavy atom. The second-order valence-corrected chi connectivity index (χ2v) is 6.19. The standard InChI is InChI=1S/C17H12BrNO4/c1-9-6-10(18)2-3-11(9)16-19-13-8-15-14(21-4-5-22-15)7-12(13)17(20)23-16/h2-3,6-8H,4-5H2,1H3. The normalized spacial score (nSPS) is 13.3. The van der Waals surface area contributed by atoms with Crippen LogP contribution in [-0.2, 0) is 0 Å². The summed E-state index contributed by atoms with van der Waals surface area (Å²) in [6.45, 7) is 2.89. The average molecular weight is 374 g/mol. The number of halogens is 1. The van der Waals surface area contributed by atoms with E-state index in [0.29, 0.717) is 41.5 Å². The van der Waals surface area contributed by atoms with Crippen LogP contribution in [0.3, 0.4) is 0 Å². The number of nitrogens with zero attached hydrogens (tertiary/aromatic N) is 1. The van der Waals surface area contributed by atoms with Crippen LogP contribution >= 0.6 is 15.9 Å². The fourth-order valence-electron chi connectivity index (χ4n) is 2.59. The number of hydrogen-bond acceptors (Lipinski definition) is 5. The number of ether oxygens (including phenoxy) is 2. The second kappa shape index (κ2) is 5.38. The summed E-state index contributed by atoms with van der Waals surface area (Å²) in [5.41, 5.74) is 1.83. The minimum atomic E-state index is -0.440. The van der Waals surface area contributed by atoms with Crippen molar-refractivity contribution in [3.05, 3.63) is 50.8 Å². The lowest BCUT2D eigenvalue weighted by Gasteiger charge is -2.18. The molecule has 0 atom stereocenters. The van der Waals surface area contributed by atoms with Crippen molar-refractivity contribution in [3.63, 3.8) is 0 Å². The molecule has 4 rings (SSSR count). The Bertz CT molecular complexity index is 980. The van der Waals surface area contributed by atoms with E-state index < -0.39 is 5.63 Å². The van der Waals surface area contributed by atoms with Crippen molar-refractivity contribution >= 4 is 26.8 Å². The molecule has 2 aromatic carbocycles. The summed E-state index contributed by atoms with van der Waals surface area (Å²) in [6.07, 6.45) is 0. The van der Waals surface area contributed by atoms with Gasteiger partial charge in [-0.3, -0.25) is 0 Å². The Labute approximate surface area is 140 Å². The van der Waals surface area contributed by atoms with E-state index in [9.17, 15) is 4.79 Å². The summed E-state index contributed by atoms with van der Waals surface area (Å²) >= 11 is 3.42. The van der Waals surface area contributed by atoms with Gasteiger partial charge in [-0.1, -0.05) is 15.9 Å². The molecule has 0 bridgehead atoms. The first-order valence-electron chi connectivity index (χ1n) is 7.13. The van der Waals surface area contributed by atoms with Crippen LogP contribution in [0.25, 0.3) is 22.4 Å². The first-order chi connectivity index (χ1) is 11.1. The van der Waals surface area contributed by atoms with Gasteiger partial charge in [0.2, 0.25) is 5.89 Å². The molecule has 116 valence electrons. The highest BCUT2D eigenvalue weighted by atomic mass is 79.9. The maximum absolute atomic E-state index is 12.3. The van der Waals surface area contributed by atoms with E-state index in [1.165, 1.54) is 0 Å². The predicted molar refractivity (Wildman–Crippen MR) is 89.1 cm³/mol. The molecule has 0 saturated carbocycles. The van der Waals surface area contributed by atoms with Gasteiger partial charge in [0.15, 0.2) is 11.5 Å². The molecule has 0 saturated heterocycles. The van der Waals surface area contributed by atoms with Crippen molar-refractivity contribution < 1.29 is 13.9 Å². The lowest BCUT2D eigenvalue weighted by Crippen LogP contribution is -2.16. The van der Waals surface area contributed by atoms with Crippen molar-refractivity contribution in [2.24, 2.45) is 0 Å². The van der Waals surface area contributed by atoms with Gasteiger partial charge in [0.1, 0.15) is 13.2 Å². The van der Waals surface area contributed by atoms with Crippen LogP contribution in [-0.4, -0.2) is 18.2 Å². The van der Waals surface area contributed by atoms with Crippen molar-refractivity contribution in [1.29, 1.82) is 0 Å². The highest BCUT2D eigenvalue weighted by molar-refractivity contribution is 9.10. The monoisotopic (exact) mass is 373 g/mol. The molecule has 0 N–H and O–H groups in total. The predicted octanol–water partition coefficient (Wildman–Crippen LogP) is 3.70. The van der Waals surface area contributed by atoms with E-state index in [2.05, 4.69) is 20.9 Å². The Morgan fingerprint density at radius 3 is 2.57 bits per heavy atom. The van der Waals surface area contributed by atoms with Gasteiger partial charge in [-0.2, -0.15) is 0 Å². The number of fused-ring (bicyclic) bond motifs is 2. The highest BCUT2D eigenvalue weighted by Gasteiger charge is 2.17. The lowest BCUT2D eigenvalue weighted by molar-refractivity contribution is 0.172. The topological polar surface area (TPSA) is 61.6 Å². The van der Waals surface area contributed by atoms with Crippen molar-refractivity contribution in [2.75, 3.05) is 13.2 Å². The molecule has 0 aliphatic carbocycles. The number of rotatable bonds is 1. The third-order valence-corrected chi connectivity index (χ3v) is 4.20. The molecular formula is C17H12BrNO4. The Balaban J connectivity index is 1.94. The average Bonchev–Trinajstić information content (AvgIpc) is 2.53. The van der Waals surface area contributed by atoms with Crippen LogP contribution in [0.5, 0.6) is 11.5 Å². The number of aryl methyl sites for hydroxylation is 1. The Morgan fingerprint density at radius 2 is 1.83 bits per heavy atom. The molecule has 6 heteroatoms. The largest absolute Gasteiger partial charge is 0.486 e. The van der Waals surface area contributed by atoms with Gasteiger partial charge >= 0.3 is 5.63 Å². The quantitative estimate of drug-likeness (QED) is 0.650. The van der Waals surface area contributed by atoms with Crippen LogP contribution < -0.4 is 15.1 Å². The van der Waals surface area contributed by atoms with Gasteiger partial charge in [-0.15, -0.1) is 0 Å². The zero-order valence-electron chi connectivity index (χ0n) is 12.3. The van der Waals surface area contributed by atoms with Crippen LogP contribution in [0.2, 0.25) is 0 Å². The summed E-state index contributed by atoms with van der Waals surface area (Å²) in [5.74, 6) is 1.44. The van der Waals surface area contributed by atoms with Crippen LogP contribution in [0.1, 0.15) is 5.56 Å².